The minimum Gasteiger partial charge on any atom is -0.454 e. The number of aromatic nitrogens is 5. The summed E-state index contributed by atoms with van der Waals surface area (Å²) >= 11 is 1.36. The molecule has 1 aromatic carbocycles. The molecule has 5 aromatic rings. The molecule has 5 rings (SSSR count). The van der Waals surface area contributed by atoms with E-state index in [1.54, 1.807) is 17.5 Å². The number of aryl methyl sites for hydroxylation is 1. The number of carbonyl (C=O) groups is 1. The van der Waals surface area contributed by atoms with E-state index in [4.69, 9.17) is 4.74 Å². The quantitative estimate of drug-likeness (QED) is 0.402. The van der Waals surface area contributed by atoms with E-state index in [-0.39, 0.29) is 18.1 Å². The fourth-order valence-corrected chi connectivity index (χ4v) is 4.47. The van der Waals surface area contributed by atoms with Gasteiger partial charge in [0.2, 0.25) is 5.78 Å². The number of para-hydroxylation sites is 1. The van der Waals surface area contributed by atoms with Gasteiger partial charge in [0, 0.05) is 18.1 Å². The van der Waals surface area contributed by atoms with Gasteiger partial charge in [-0.1, -0.05) is 32.0 Å². The normalized spacial score (nSPS) is 11.7. The van der Waals surface area contributed by atoms with E-state index < -0.39 is 5.97 Å². The lowest BCUT2D eigenvalue weighted by Gasteiger charge is -2.11. The molecule has 0 saturated heterocycles. The van der Waals surface area contributed by atoms with Gasteiger partial charge in [-0.25, -0.2) is 4.79 Å². The van der Waals surface area contributed by atoms with Gasteiger partial charge < -0.3 is 4.74 Å². The fraction of sp³-hybridized carbons (Fsp3) is 0.227. The van der Waals surface area contributed by atoms with Crippen molar-refractivity contribution < 1.29 is 9.53 Å². The fourth-order valence-electron chi connectivity index (χ4n) is 3.61. The summed E-state index contributed by atoms with van der Waals surface area (Å²) in [6.45, 7) is 3.99. The van der Waals surface area contributed by atoms with Gasteiger partial charge in [0.25, 0.3) is 5.56 Å². The smallest absolute Gasteiger partial charge is 0.339 e. The Kier molecular flexibility index (Phi) is 4.55. The van der Waals surface area contributed by atoms with Crippen LogP contribution in [0.15, 0.2) is 46.6 Å². The summed E-state index contributed by atoms with van der Waals surface area (Å²) in [4.78, 5) is 30.2. The van der Waals surface area contributed by atoms with Gasteiger partial charge in [-0.15, -0.1) is 21.5 Å². The van der Waals surface area contributed by atoms with Gasteiger partial charge in [-0.05, 0) is 29.5 Å². The second kappa shape index (κ2) is 7.28. The van der Waals surface area contributed by atoms with Crippen LogP contribution in [0.4, 0.5) is 0 Å². The van der Waals surface area contributed by atoms with E-state index in [9.17, 15) is 9.59 Å². The molecule has 0 radical (unpaired) electrons. The molecule has 9 heteroatoms. The van der Waals surface area contributed by atoms with Crippen LogP contribution in [0.25, 0.3) is 26.9 Å². The molecule has 0 amide bonds. The van der Waals surface area contributed by atoms with E-state index >= 15 is 0 Å². The Bertz CT molecular complexity index is 1530. The first-order chi connectivity index (χ1) is 15.0. The molecule has 0 aliphatic heterocycles. The Balaban J connectivity index is 1.54. The maximum atomic E-state index is 13.0. The van der Waals surface area contributed by atoms with Crippen molar-refractivity contribution in [3.05, 3.63) is 69.2 Å². The van der Waals surface area contributed by atoms with Crippen LogP contribution in [0.3, 0.4) is 0 Å². The average Bonchev–Trinajstić information content (AvgIpc) is 3.42. The Morgan fingerprint density at radius 2 is 2.00 bits per heavy atom. The molecule has 156 valence electrons. The maximum Gasteiger partial charge on any atom is 0.339 e. The molecule has 0 aliphatic rings. The van der Waals surface area contributed by atoms with E-state index in [1.807, 2.05) is 49.6 Å². The second-order valence-corrected chi connectivity index (χ2v) is 8.51. The number of ether oxygens (including phenoxy) is 1. The predicted octanol–water partition coefficient (Wildman–Crippen LogP) is 3.67. The number of hydrogen-bond donors (Lipinski definition) is 0. The lowest BCUT2D eigenvalue weighted by molar-refractivity contribution is 0.0463. The highest BCUT2D eigenvalue weighted by Crippen LogP contribution is 2.24. The van der Waals surface area contributed by atoms with Crippen molar-refractivity contribution in [3.8, 4) is 0 Å². The zero-order chi connectivity index (χ0) is 21.7. The first kappa shape index (κ1) is 19.4. The highest BCUT2D eigenvalue weighted by molar-refractivity contribution is 7.17. The van der Waals surface area contributed by atoms with Crippen LogP contribution in [-0.2, 0) is 18.4 Å². The van der Waals surface area contributed by atoms with Crippen LogP contribution in [-0.4, -0.2) is 30.1 Å². The van der Waals surface area contributed by atoms with Crippen LogP contribution in [0.2, 0.25) is 0 Å². The minimum atomic E-state index is -0.455. The minimum absolute atomic E-state index is 0.0726. The summed E-state index contributed by atoms with van der Waals surface area (Å²) in [6.07, 6.45) is 0. The predicted molar refractivity (Wildman–Crippen MR) is 119 cm³/mol. The van der Waals surface area contributed by atoms with Crippen molar-refractivity contribution in [1.82, 2.24) is 24.1 Å². The highest BCUT2D eigenvalue weighted by atomic mass is 32.1. The summed E-state index contributed by atoms with van der Waals surface area (Å²) in [5.41, 5.74) is 2.63. The van der Waals surface area contributed by atoms with Crippen molar-refractivity contribution in [2.45, 2.75) is 26.4 Å². The van der Waals surface area contributed by atoms with Crippen LogP contribution >= 0.6 is 11.3 Å². The van der Waals surface area contributed by atoms with E-state index in [1.165, 1.54) is 15.9 Å². The van der Waals surface area contributed by atoms with Gasteiger partial charge >= 0.3 is 5.97 Å². The van der Waals surface area contributed by atoms with Crippen molar-refractivity contribution in [3.63, 3.8) is 0 Å². The molecule has 8 nitrogen and oxygen atoms in total. The number of rotatable bonds is 4. The zero-order valence-corrected chi connectivity index (χ0v) is 18.0. The molecule has 31 heavy (non-hydrogen) atoms. The average molecular weight is 433 g/mol. The Morgan fingerprint density at radius 3 is 2.81 bits per heavy atom. The van der Waals surface area contributed by atoms with E-state index in [2.05, 4.69) is 15.2 Å². The number of hydrogen-bond acceptors (Lipinski definition) is 7. The first-order valence-corrected chi connectivity index (χ1v) is 10.7. The molecule has 4 heterocycles. The van der Waals surface area contributed by atoms with Gasteiger partial charge in [0.1, 0.15) is 4.70 Å². The number of benzene rings is 1. The topological polar surface area (TPSA) is 91.4 Å². The van der Waals surface area contributed by atoms with Gasteiger partial charge in [-0.2, -0.15) is 0 Å². The third-order valence-corrected chi connectivity index (χ3v) is 6.17. The highest BCUT2D eigenvalue weighted by Gasteiger charge is 2.19. The number of esters is 1. The maximum absolute atomic E-state index is 13.0. The molecule has 4 aromatic heterocycles. The zero-order valence-electron chi connectivity index (χ0n) is 17.2. The third kappa shape index (κ3) is 3.09. The Hall–Kier alpha value is -3.59. The van der Waals surface area contributed by atoms with Crippen LogP contribution in [0, 0.1) is 0 Å². The largest absolute Gasteiger partial charge is 0.454 e. The molecule has 0 bridgehead atoms. The number of carbonyl (C=O) groups excluding carboxylic acids is 1. The van der Waals surface area contributed by atoms with Crippen molar-refractivity contribution in [2.75, 3.05) is 0 Å². The van der Waals surface area contributed by atoms with Crippen LogP contribution in [0.5, 0.6) is 0 Å². The lowest BCUT2D eigenvalue weighted by Crippen LogP contribution is -2.19. The van der Waals surface area contributed by atoms with Crippen molar-refractivity contribution >= 4 is 44.2 Å². The van der Waals surface area contributed by atoms with Crippen molar-refractivity contribution in [1.29, 1.82) is 0 Å². The molecule has 0 fully saturated rings. The van der Waals surface area contributed by atoms with Gasteiger partial charge in [-0.3, -0.25) is 18.7 Å². The molecule has 0 saturated carbocycles. The Morgan fingerprint density at radius 1 is 1.19 bits per heavy atom. The van der Waals surface area contributed by atoms with Crippen LogP contribution < -0.4 is 5.56 Å². The third-order valence-electron chi connectivity index (χ3n) is 5.28. The lowest BCUT2D eigenvalue weighted by atomic mass is 10.0. The second-order valence-electron chi connectivity index (χ2n) is 7.59. The molecular weight excluding hydrogens is 414 g/mol. The molecule has 0 spiro atoms. The number of pyridine rings is 1. The molecule has 0 N–H and O–H groups in total. The number of thiophene rings is 1. The summed E-state index contributed by atoms with van der Waals surface area (Å²) in [7, 11) is 1.65. The number of nitrogens with zero attached hydrogens (tertiary/aromatic N) is 5. The van der Waals surface area contributed by atoms with Crippen LogP contribution in [0.1, 0.15) is 41.6 Å². The standard InChI is InChI=1S/C22H19N5O3S/c1-12(2)16-10-14(13-6-4-5-7-15(13)23-16)21(29)30-11-18-24-25-22-26(3)20(28)19-17(27(18)22)8-9-31-19/h4-10,12H,11H2,1-3H3. The summed E-state index contributed by atoms with van der Waals surface area (Å²) in [5, 5.41) is 10.9. The molecule has 0 atom stereocenters. The van der Waals surface area contributed by atoms with Crippen molar-refractivity contribution in [2.24, 2.45) is 7.05 Å². The summed E-state index contributed by atoms with van der Waals surface area (Å²) in [5.74, 6) is 0.566. The van der Waals surface area contributed by atoms with E-state index in [0.29, 0.717) is 27.4 Å². The van der Waals surface area contributed by atoms with Gasteiger partial charge in [0.15, 0.2) is 12.4 Å². The number of fused-ring (bicyclic) bond motifs is 4. The first-order valence-electron chi connectivity index (χ1n) is 9.82. The van der Waals surface area contributed by atoms with E-state index in [0.717, 1.165) is 16.6 Å². The monoisotopic (exact) mass is 433 g/mol. The molecule has 0 unspecified atom stereocenters. The summed E-state index contributed by atoms with van der Waals surface area (Å²) in [6, 6.07) is 11.1. The summed E-state index contributed by atoms with van der Waals surface area (Å²) < 4.78 is 9.45. The Labute approximate surface area is 180 Å². The molecular formula is C22H19N5O3S. The molecule has 0 aliphatic carbocycles. The van der Waals surface area contributed by atoms with Gasteiger partial charge in [0.05, 0.1) is 16.6 Å². The SMILES string of the molecule is CC(C)c1cc(C(=O)OCc2nnc3n(C)c(=O)c4sccc4n23)c2ccccc2n1.